The van der Waals surface area contributed by atoms with Crippen molar-refractivity contribution >= 4 is 21.7 Å². The molecule has 1 aromatic carbocycles. The number of hydrogen-bond acceptors (Lipinski definition) is 4. The van der Waals surface area contributed by atoms with Crippen molar-refractivity contribution in [2.45, 2.75) is 38.5 Å². The topological polar surface area (TPSA) is 92.5 Å². The number of hydrogen-bond donors (Lipinski definition) is 2. The number of nitrogen functional groups attached to an aromatic ring is 1. The number of urea groups is 1. The summed E-state index contributed by atoms with van der Waals surface area (Å²) in [5.41, 5.74) is 6.24. The Hall–Kier alpha value is -1.76. The van der Waals surface area contributed by atoms with E-state index >= 15 is 0 Å². The third-order valence-electron chi connectivity index (χ3n) is 6.30. The van der Waals surface area contributed by atoms with Crippen LogP contribution in [0.1, 0.15) is 33.6 Å². The Labute approximate surface area is 143 Å². The van der Waals surface area contributed by atoms with E-state index in [9.17, 15) is 13.2 Å². The van der Waals surface area contributed by atoms with Crippen molar-refractivity contribution in [2.24, 2.45) is 16.7 Å². The fourth-order valence-corrected chi connectivity index (χ4v) is 5.03. The maximum absolute atomic E-state index is 12.5. The summed E-state index contributed by atoms with van der Waals surface area (Å²) >= 11 is 0. The minimum Gasteiger partial charge on any atom is -0.399 e. The molecule has 1 aliphatic heterocycles. The van der Waals surface area contributed by atoms with E-state index in [2.05, 4.69) is 25.5 Å². The molecule has 1 aliphatic carbocycles. The highest BCUT2D eigenvalue weighted by Gasteiger charge is 2.56. The van der Waals surface area contributed by atoms with E-state index in [0.717, 1.165) is 12.8 Å². The number of anilines is 1. The Kier molecular flexibility index (Phi) is 3.82. The Morgan fingerprint density at radius 3 is 2.46 bits per heavy atom. The molecule has 7 heteroatoms. The Bertz CT molecular complexity index is 758. The molecule has 6 nitrogen and oxygen atoms in total. The van der Waals surface area contributed by atoms with Crippen LogP contribution in [-0.2, 0) is 10.0 Å². The van der Waals surface area contributed by atoms with Crippen LogP contribution in [0.25, 0.3) is 0 Å². The maximum atomic E-state index is 12.5. The molecule has 2 atom stereocenters. The number of carbonyl (C=O) groups excluding carboxylic acids is 1. The first kappa shape index (κ1) is 17.1. The molecule has 0 aromatic heterocycles. The number of carbonyl (C=O) groups is 1. The first-order chi connectivity index (χ1) is 11.1. The van der Waals surface area contributed by atoms with Crippen LogP contribution in [-0.4, -0.2) is 32.4 Å². The molecule has 1 saturated heterocycles. The van der Waals surface area contributed by atoms with Crippen LogP contribution in [0, 0.1) is 16.7 Å². The highest BCUT2D eigenvalue weighted by molar-refractivity contribution is 7.90. The summed E-state index contributed by atoms with van der Waals surface area (Å²) in [4.78, 5) is 14.2. The number of benzene rings is 1. The summed E-state index contributed by atoms with van der Waals surface area (Å²) in [7, 11) is -3.89. The van der Waals surface area contributed by atoms with Crippen LogP contribution in [0.3, 0.4) is 0 Å². The van der Waals surface area contributed by atoms with Gasteiger partial charge >= 0.3 is 6.03 Å². The minimum absolute atomic E-state index is 0.0260. The van der Waals surface area contributed by atoms with Crippen molar-refractivity contribution in [2.75, 3.05) is 18.8 Å². The van der Waals surface area contributed by atoms with Gasteiger partial charge < -0.3 is 10.6 Å². The Balaban J connectivity index is 1.75. The van der Waals surface area contributed by atoms with Crippen LogP contribution < -0.4 is 10.5 Å². The summed E-state index contributed by atoms with van der Waals surface area (Å²) in [6.45, 7) is 7.89. The molecule has 0 radical (unpaired) electrons. The van der Waals surface area contributed by atoms with Gasteiger partial charge in [0.1, 0.15) is 0 Å². The number of rotatable bonds is 2. The molecule has 1 aromatic rings. The van der Waals surface area contributed by atoms with Crippen LogP contribution in [0.15, 0.2) is 29.2 Å². The van der Waals surface area contributed by atoms with E-state index in [0.29, 0.717) is 24.7 Å². The van der Waals surface area contributed by atoms with E-state index in [1.807, 2.05) is 0 Å². The first-order valence-corrected chi connectivity index (χ1v) is 9.71. The lowest BCUT2D eigenvalue weighted by molar-refractivity contribution is 0.000939. The Morgan fingerprint density at radius 2 is 1.88 bits per heavy atom. The average molecular weight is 351 g/mol. The van der Waals surface area contributed by atoms with Crippen molar-refractivity contribution in [3.05, 3.63) is 24.3 Å². The Morgan fingerprint density at radius 1 is 1.25 bits per heavy atom. The highest BCUT2D eigenvalue weighted by atomic mass is 32.2. The average Bonchev–Trinajstić information content (AvgIpc) is 2.64. The van der Waals surface area contributed by atoms with Gasteiger partial charge in [-0.2, -0.15) is 0 Å². The molecule has 0 spiro atoms. The second-order valence-corrected chi connectivity index (χ2v) is 9.56. The molecule has 2 fully saturated rings. The third kappa shape index (κ3) is 2.64. The van der Waals surface area contributed by atoms with E-state index in [4.69, 9.17) is 5.73 Å². The van der Waals surface area contributed by atoms with Gasteiger partial charge in [0.15, 0.2) is 0 Å². The molecular formula is C17H25N3O3S. The normalized spacial score (nSPS) is 28.6. The van der Waals surface area contributed by atoms with Gasteiger partial charge in [-0.3, -0.25) is 0 Å². The number of fused-ring (bicyclic) bond motifs is 2. The summed E-state index contributed by atoms with van der Waals surface area (Å²) in [6, 6.07) is 5.26. The molecule has 132 valence electrons. The number of nitrogens with one attached hydrogen (secondary N) is 1. The summed E-state index contributed by atoms with van der Waals surface area (Å²) in [6.07, 6.45) is 2.15. The van der Waals surface area contributed by atoms with Gasteiger partial charge in [-0.15, -0.1) is 0 Å². The largest absolute Gasteiger partial charge is 0.399 e. The van der Waals surface area contributed by atoms with Crippen LogP contribution in [0.2, 0.25) is 0 Å². The zero-order valence-corrected chi connectivity index (χ0v) is 15.2. The first-order valence-electron chi connectivity index (χ1n) is 8.22. The van der Waals surface area contributed by atoms with Crippen molar-refractivity contribution in [1.29, 1.82) is 0 Å². The van der Waals surface area contributed by atoms with E-state index < -0.39 is 16.1 Å². The number of amides is 2. The third-order valence-corrected chi connectivity index (χ3v) is 7.64. The van der Waals surface area contributed by atoms with Gasteiger partial charge in [0.25, 0.3) is 10.0 Å². The van der Waals surface area contributed by atoms with Crippen molar-refractivity contribution < 1.29 is 13.2 Å². The van der Waals surface area contributed by atoms with E-state index in [1.165, 1.54) is 24.3 Å². The SMILES string of the molecule is CC12CCC(CN(C(=O)NS(=O)(=O)c3ccc(N)cc3)C1)C2(C)C. The molecule has 3 N–H and O–H groups in total. The van der Waals surface area contributed by atoms with Gasteiger partial charge in [-0.25, -0.2) is 17.9 Å². The number of piperidine rings is 1. The minimum atomic E-state index is -3.89. The lowest BCUT2D eigenvalue weighted by Crippen LogP contribution is -2.56. The van der Waals surface area contributed by atoms with Gasteiger partial charge in [0.2, 0.25) is 0 Å². The maximum Gasteiger partial charge on any atom is 0.331 e. The monoisotopic (exact) mass is 351 g/mol. The van der Waals surface area contributed by atoms with Gasteiger partial charge in [-0.1, -0.05) is 20.8 Å². The summed E-state index contributed by atoms with van der Waals surface area (Å²) in [5.74, 6) is 0.404. The molecule has 2 aliphatic rings. The van der Waals surface area contributed by atoms with Crippen molar-refractivity contribution in [1.82, 2.24) is 9.62 Å². The predicted octanol–water partition coefficient (Wildman–Crippen LogP) is 2.43. The molecular weight excluding hydrogens is 326 g/mol. The molecule has 1 heterocycles. The van der Waals surface area contributed by atoms with E-state index in [1.54, 1.807) is 4.90 Å². The van der Waals surface area contributed by atoms with Crippen molar-refractivity contribution in [3.8, 4) is 0 Å². The molecule has 24 heavy (non-hydrogen) atoms. The molecule has 1 saturated carbocycles. The second-order valence-electron chi connectivity index (χ2n) is 7.88. The van der Waals surface area contributed by atoms with Gasteiger partial charge in [0.05, 0.1) is 4.90 Å². The smallest absolute Gasteiger partial charge is 0.331 e. The fraction of sp³-hybridized carbons (Fsp3) is 0.588. The standard InChI is InChI=1S/C17H25N3O3S/c1-16(2)12-8-9-17(16,3)11-20(10-12)15(21)19-24(22,23)14-6-4-13(18)5-7-14/h4-7,12H,8-11,18H2,1-3H3,(H,19,21). The molecule has 2 bridgehead atoms. The van der Waals surface area contributed by atoms with Gasteiger partial charge in [0, 0.05) is 18.8 Å². The predicted molar refractivity (Wildman–Crippen MR) is 92.8 cm³/mol. The molecule has 2 amide bonds. The number of nitrogens with two attached hydrogens (primary N) is 1. The second kappa shape index (κ2) is 5.37. The summed E-state index contributed by atoms with van der Waals surface area (Å²) < 4.78 is 27.0. The molecule has 3 rings (SSSR count). The fourth-order valence-electron chi connectivity index (χ4n) is 4.06. The molecule has 2 unspecified atom stereocenters. The lowest BCUT2D eigenvalue weighted by Gasteiger charge is -2.50. The zero-order valence-electron chi connectivity index (χ0n) is 14.4. The van der Waals surface area contributed by atoms with Crippen LogP contribution in [0.4, 0.5) is 10.5 Å². The van der Waals surface area contributed by atoms with E-state index in [-0.39, 0.29) is 15.7 Å². The quantitative estimate of drug-likeness (QED) is 0.800. The zero-order chi connectivity index (χ0) is 17.8. The summed E-state index contributed by atoms with van der Waals surface area (Å²) in [5, 5.41) is 0. The van der Waals surface area contributed by atoms with Crippen LogP contribution >= 0.6 is 0 Å². The van der Waals surface area contributed by atoms with Crippen molar-refractivity contribution in [3.63, 3.8) is 0 Å². The highest BCUT2D eigenvalue weighted by Crippen LogP contribution is 2.58. The number of sulfonamides is 1. The number of likely N-dealkylation sites (tertiary alicyclic amines) is 1. The lowest BCUT2D eigenvalue weighted by atomic mass is 9.63. The van der Waals surface area contributed by atoms with Crippen LogP contribution in [0.5, 0.6) is 0 Å². The number of nitrogens with zero attached hydrogens (tertiary/aromatic N) is 1. The van der Waals surface area contributed by atoms with Gasteiger partial charge in [-0.05, 0) is 53.9 Å².